The molecule has 0 saturated carbocycles. The van der Waals surface area contributed by atoms with E-state index in [-0.39, 0.29) is 24.0 Å². The van der Waals surface area contributed by atoms with E-state index in [4.69, 9.17) is 15.5 Å². The van der Waals surface area contributed by atoms with Crippen LogP contribution in [-0.2, 0) is 10.2 Å². The third kappa shape index (κ3) is 3.90. The maximum atomic E-state index is 9.39. The Bertz CT molecular complexity index is 1240. The smallest absolute Gasteiger partial charge is 0.150 e. The molecule has 170 valence electrons. The number of hydrogen-bond donors (Lipinski definition) is 2. The van der Waals surface area contributed by atoms with E-state index in [1.165, 1.54) is 11.1 Å². The van der Waals surface area contributed by atoms with Gasteiger partial charge in [-0.3, -0.25) is 4.40 Å². The Hall–Kier alpha value is -3.22. The van der Waals surface area contributed by atoms with Gasteiger partial charge in [-0.2, -0.15) is 0 Å². The van der Waals surface area contributed by atoms with Crippen molar-refractivity contribution in [2.24, 2.45) is 0 Å². The van der Waals surface area contributed by atoms with Crippen molar-refractivity contribution in [1.29, 1.82) is 0 Å². The molecule has 1 saturated heterocycles. The van der Waals surface area contributed by atoms with Crippen molar-refractivity contribution < 1.29 is 9.84 Å². The maximum Gasteiger partial charge on any atom is 0.150 e. The van der Waals surface area contributed by atoms with Gasteiger partial charge in [-0.15, -0.1) is 0 Å². The number of hydrogen-bond acceptors (Lipinski definition) is 5. The van der Waals surface area contributed by atoms with Crippen LogP contribution in [0.3, 0.4) is 0 Å². The highest BCUT2D eigenvalue weighted by Gasteiger charge is 2.28. The minimum atomic E-state index is -0.107. The lowest BCUT2D eigenvalue weighted by Gasteiger charge is -2.27. The van der Waals surface area contributed by atoms with Crippen molar-refractivity contribution in [2.45, 2.75) is 44.1 Å². The van der Waals surface area contributed by atoms with Gasteiger partial charge in [0.1, 0.15) is 22.9 Å². The van der Waals surface area contributed by atoms with Crippen LogP contribution in [0.2, 0.25) is 0 Å². The average Bonchev–Trinajstić information content (AvgIpc) is 3.26. The quantitative estimate of drug-likeness (QED) is 0.473. The van der Waals surface area contributed by atoms with Gasteiger partial charge in [0, 0.05) is 29.3 Å². The number of benzene rings is 2. The molecule has 6 heteroatoms. The van der Waals surface area contributed by atoms with Crippen LogP contribution in [0.1, 0.15) is 49.6 Å². The van der Waals surface area contributed by atoms with Crippen molar-refractivity contribution in [3.05, 3.63) is 83.9 Å². The van der Waals surface area contributed by atoms with Crippen LogP contribution in [0, 0.1) is 0 Å². The summed E-state index contributed by atoms with van der Waals surface area (Å²) in [5, 5.41) is 9.39. The van der Waals surface area contributed by atoms with E-state index >= 15 is 0 Å². The zero-order chi connectivity index (χ0) is 23.0. The van der Waals surface area contributed by atoms with Crippen LogP contribution in [0.4, 0.5) is 5.82 Å². The number of anilines is 1. The number of aromatic nitrogens is 3. The molecule has 1 aliphatic heterocycles. The second-order valence-electron chi connectivity index (χ2n) is 9.33. The van der Waals surface area contributed by atoms with Crippen molar-refractivity contribution in [3.8, 4) is 11.3 Å². The largest absolute Gasteiger partial charge is 0.394 e. The highest BCUT2D eigenvalue weighted by atomic mass is 16.5. The summed E-state index contributed by atoms with van der Waals surface area (Å²) in [4.78, 5) is 9.37. The van der Waals surface area contributed by atoms with Gasteiger partial charge in [-0.05, 0) is 24.0 Å². The number of aliphatic hydroxyl groups excluding tert-OH is 1. The maximum absolute atomic E-state index is 9.39. The number of aliphatic hydroxyl groups is 1. The molecule has 2 atom stereocenters. The van der Waals surface area contributed by atoms with Crippen molar-refractivity contribution >= 4 is 11.3 Å². The summed E-state index contributed by atoms with van der Waals surface area (Å²) in [6.07, 6.45) is 5.27. The third-order valence-electron chi connectivity index (χ3n) is 6.92. The van der Waals surface area contributed by atoms with Gasteiger partial charge in [-0.1, -0.05) is 68.4 Å². The molecule has 6 nitrogen and oxygen atoms in total. The zero-order valence-corrected chi connectivity index (χ0v) is 19.1. The summed E-state index contributed by atoms with van der Waals surface area (Å²) in [6.45, 7) is 5.08. The molecule has 33 heavy (non-hydrogen) atoms. The molecule has 1 fully saturated rings. The number of nitrogens with zero attached hydrogens (tertiary/aromatic N) is 3. The van der Waals surface area contributed by atoms with Crippen molar-refractivity contribution in [1.82, 2.24) is 14.4 Å². The fourth-order valence-corrected chi connectivity index (χ4v) is 4.80. The molecular weight excluding hydrogens is 412 g/mol. The number of fused-ring (bicyclic) bond motifs is 1. The van der Waals surface area contributed by atoms with E-state index in [9.17, 15) is 5.11 Å². The lowest BCUT2D eigenvalue weighted by atomic mass is 9.78. The molecule has 2 unspecified atom stereocenters. The molecule has 0 aliphatic carbocycles. The first kappa shape index (κ1) is 21.6. The lowest BCUT2D eigenvalue weighted by molar-refractivity contribution is -0.0282. The average molecular weight is 443 g/mol. The summed E-state index contributed by atoms with van der Waals surface area (Å²) in [5.41, 5.74) is 11.4. The Morgan fingerprint density at radius 2 is 1.79 bits per heavy atom. The van der Waals surface area contributed by atoms with Gasteiger partial charge in [0.25, 0.3) is 0 Å². The van der Waals surface area contributed by atoms with E-state index in [0.717, 1.165) is 35.4 Å². The number of nitrogens with two attached hydrogens (primary N) is 1. The fourth-order valence-electron chi connectivity index (χ4n) is 4.80. The molecule has 0 radical (unpaired) electrons. The number of rotatable bonds is 5. The van der Waals surface area contributed by atoms with Gasteiger partial charge in [0.15, 0.2) is 0 Å². The first-order valence-electron chi connectivity index (χ1n) is 11.5. The summed E-state index contributed by atoms with van der Waals surface area (Å²) >= 11 is 0. The minimum absolute atomic E-state index is 0.0584. The second-order valence-corrected chi connectivity index (χ2v) is 9.33. The van der Waals surface area contributed by atoms with Gasteiger partial charge in [0.2, 0.25) is 0 Å². The normalized spacial score (nSPS) is 19.1. The first-order chi connectivity index (χ1) is 16.0. The molecule has 3 N–H and O–H groups in total. The van der Waals surface area contributed by atoms with Crippen LogP contribution >= 0.6 is 0 Å². The van der Waals surface area contributed by atoms with Crippen LogP contribution in [-0.4, -0.2) is 38.8 Å². The topological polar surface area (TPSA) is 85.7 Å². The fraction of sp³-hybridized carbons (Fsp3) is 0.333. The molecule has 2 aromatic carbocycles. The summed E-state index contributed by atoms with van der Waals surface area (Å²) in [5.74, 6) is 1.54. The van der Waals surface area contributed by atoms with Crippen LogP contribution in [0.25, 0.3) is 16.8 Å². The van der Waals surface area contributed by atoms with E-state index in [2.05, 4.69) is 67.4 Å². The molecule has 0 bridgehead atoms. The van der Waals surface area contributed by atoms with Crippen LogP contribution in [0.5, 0.6) is 0 Å². The molecular formula is C27H30N4O2. The Labute approximate surface area is 194 Å². The predicted molar refractivity (Wildman–Crippen MR) is 130 cm³/mol. The predicted octanol–water partition coefficient (Wildman–Crippen LogP) is 4.56. The SMILES string of the molecule is CC(C)(c1ccccc1)c1ccc(-c2nc(C3CCC(CO)OC3)n3ccnc(N)c23)cc1. The monoisotopic (exact) mass is 442 g/mol. The van der Waals surface area contributed by atoms with Gasteiger partial charge in [-0.25, -0.2) is 9.97 Å². The summed E-state index contributed by atoms with van der Waals surface area (Å²) in [6, 6.07) is 19.1. The Balaban J connectivity index is 1.53. The van der Waals surface area contributed by atoms with Gasteiger partial charge < -0.3 is 15.6 Å². The number of imidazole rings is 1. The first-order valence-corrected chi connectivity index (χ1v) is 11.5. The molecule has 1 aliphatic rings. The zero-order valence-electron chi connectivity index (χ0n) is 19.1. The second kappa shape index (κ2) is 8.61. The Morgan fingerprint density at radius 3 is 2.45 bits per heavy atom. The van der Waals surface area contributed by atoms with E-state index in [1.54, 1.807) is 6.20 Å². The minimum Gasteiger partial charge on any atom is -0.394 e. The molecule has 0 amide bonds. The molecule has 2 aromatic heterocycles. The van der Waals surface area contributed by atoms with Crippen molar-refractivity contribution in [2.75, 3.05) is 18.9 Å². The molecule has 0 spiro atoms. The van der Waals surface area contributed by atoms with Crippen molar-refractivity contribution in [3.63, 3.8) is 0 Å². The Kier molecular flexibility index (Phi) is 5.64. The van der Waals surface area contributed by atoms with E-state index in [0.29, 0.717) is 12.4 Å². The third-order valence-corrected chi connectivity index (χ3v) is 6.92. The van der Waals surface area contributed by atoms with Gasteiger partial charge >= 0.3 is 0 Å². The number of nitrogen functional groups attached to an aromatic ring is 1. The highest BCUT2D eigenvalue weighted by molar-refractivity contribution is 5.85. The molecule has 3 heterocycles. The van der Waals surface area contributed by atoms with E-state index < -0.39 is 0 Å². The number of ether oxygens (including phenoxy) is 1. The van der Waals surface area contributed by atoms with Crippen LogP contribution in [0.15, 0.2) is 67.0 Å². The summed E-state index contributed by atoms with van der Waals surface area (Å²) in [7, 11) is 0. The highest BCUT2D eigenvalue weighted by Crippen LogP contribution is 2.36. The molecule has 4 aromatic rings. The lowest BCUT2D eigenvalue weighted by Crippen LogP contribution is -2.28. The molecule has 5 rings (SSSR count). The van der Waals surface area contributed by atoms with E-state index in [1.807, 2.05) is 16.7 Å². The van der Waals surface area contributed by atoms with Crippen LogP contribution < -0.4 is 5.73 Å². The Morgan fingerprint density at radius 1 is 1.06 bits per heavy atom. The summed E-state index contributed by atoms with van der Waals surface area (Å²) < 4.78 is 7.88. The standard InChI is InChI=1S/C27H30N4O2/c1-27(2,20-6-4-3-5-7-20)21-11-8-18(9-12-21)23-24-25(28)29-14-15-31(24)26(30-23)19-10-13-22(16-32)33-17-19/h3-9,11-12,14-15,19,22,32H,10,13,16-17H2,1-2H3,(H2,28,29). The van der Waals surface area contributed by atoms with Gasteiger partial charge in [0.05, 0.1) is 19.3 Å².